The van der Waals surface area contributed by atoms with Crippen LogP contribution in [0.1, 0.15) is 20.8 Å². The third-order valence-electron chi connectivity index (χ3n) is 0.931. The molecule has 0 heterocycles. The van der Waals surface area contributed by atoms with Gasteiger partial charge in [0.15, 0.2) is 0 Å². The van der Waals surface area contributed by atoms with E-state index in [4.69, 9.17) is 16.3 Å². The minimum Gasteiger partial charge on any atom is -0.374 e. The van der Waals surface area contributed by atoms with Crippen LogP contribution < -0.4 is 0 Å². The van der Waals surface area contributed by atoms with Gasteiger partial charge in [-0.2, -0.15) is 0 Å². The summed E-state index contributed by atoms with van der Waals surface area (Å²) in [6.45, 7) is 10.1. The van der Waals surface area contributed by atoms with E-state index in [9.17, 15) is 0 Å². The third kappa shape index (κ3) is 6.12. The summed E-state index contributed by atoms with van der Waals surface area (Å²) in [5, 5.41) is -0.0702. The van der Waals surface area contributed by atoms with Gasteiger partial charge in [-0.1, -0.05) is 6.08 Å². The maximum absolute atomic E-state index is 5.73. The summed E-state index contributed by atoms with van der Waals surface area (Å²) in [6, 6.07) is 0. The highest BCUT2D eigenvalue weighted by Gasteiger charge is 2.11. The Hall–Kier alpha value is -0.0100. The zero-order chi connectivity index (χ0) is 8.20. The summed E-state index contributed by atoms with van der Waals surface area (Å²) in [6.07, 6.45) is 1.67. The molecule has 60 valence electrons. The molecule has 0 radical (unpaired) electrons. The molecule has 0 aliphatic carbocycles. The molecule has 0 amide bonds. The van der Waals surface area contributed by atoms with Crippen LogP contribution in [0.4, 0.5) is 0 Å². The Balaban J connectivity index is 3.45. The minimum absolute atomic E-state index is 0.0702. The van der Waals surface area contributed by atoms with Crippen molar-refractivity contribution >= 4 is 11.6 Å². The average molecular weight is 163 g/mol. The van der Waals surface area contributed by atoms with E-state index in [1.807, 2.05) is 20.8 Å². The molecule has 1 unspecified atom stereocenters. The number of halogens is 1. The molecule has 10 heavy (non-hydrogen) atoms. The van der Waals surface area contributed by atoms with Gasteiger partial charge in [-0.15, -0.1) is 18.2 Å². The molecule has 1 atom stereocenters. The quantitative estimate of drug-likeness (QED) is 0.458. The molecule has 0 aliphatic rings. The van der Waals surface area contributed by atoms with Crippen LogP contribution in [-0.4, -0.2) is 17.6 Å². The van der Waals surface area contributed by atoms with Gasteiger partial charge in [0.2, 0.25) is 0 Å². The molecule has 0 N–H and O–H groups in total. The lowest BCUT2D eigenvalue weighted by molar-refractivity contribution is 0.00105. The van der Waals surface area contributed by atoms with Crippen LogP contribution in [0.25, 0.3) is 0 Å². The van der Waals surface area contributed by atoms with Gasteiger partial charge in [0, 0.05) is 0 Å². The van der Waals surface area contributed by atoms with Gasteiger partial charge in [-0.25, -0.2) is 0 Å². The summed E-state index contributed by atoms with van der Waals surface area (Å²) < 4.78 is 5.38. The molecule has 1 nitrogen and oxygen atoms in total. The van der Waals surface area contributed by atoms with Gasteiger partial charge in [-0.05, 0) is 20.8 Å². The van der Waals surface area contributed by atoms with Gasteiger partial charge < -0.3 is 4.74 Å². The van der Waals surface area contributed by atoms with Crippen molar-refractivity contribution in [3.05, 3.63) is 12.7 Å². The fourth-order valence-electron chi connectivity index (χ4n) is 0.398. The van der Waals surface area contributed by atoms with Gasteiger partial charge in [0.1, 0.15) is 0 Å². The average Bonchev–Trinajstić information content (AvgIpc) is 1.81. The maximum atomic E-state index is 5.73. The number of ether oxygens (including phenoxy) is 1. The Kier molecular flexibility index (Phi) is 3.99. The van der Waals surface area contributed by atoms with E-state index in [1.54, 1.807) is 6.08 Å². The summed E-state index contributed by atoms with van der Waals surface area (Å²) in [5.74, 6) is 0. The van der Waals surface area contributed by atoms with Crippen molar-refractivity contribution < 1.29 is 4.74 Å². The molecule has 0 spiro atoms. The molecule has 2 heteroatoms. The normalized spacial score (nSPS) is 14.8. The van der Waals surface area contributed by atoms with Crippen LogP contribution in [0.2, 0.25) is 0 Å². The lowest BCUT2D eigenvalue weighted by Gasteiger charge is -2.20. The van der Waals surface area contributed by atoms with Crippen LogP contribution in [-0.2, 0) is 4.74 Å². The Morgan fingerprint density at radius 2 is 2.10 bits per heavy atom. The Labute approximate surface area is 68.0 Å². The molecular formula is C8H15ClO. The van der Waals surface area contributed by atoms with Crippen LogP contribution in [0, 0.1) is 0 Å². The van der Waals surface area contributed by atoms with Crippen molar-refractivity contribution in [3.63, 3.8) is 0 Å². The number of alkyl halides is 1. The zero-order valence-electron chi connectivity index (χ0n) is 6.86. The second-order valence-corrected chi connectivity index (χ2v) is 3.74. The molecule has 0 fully saturated rings. The summed E-state index contributed by atoms with van der Waals surface area (Å²) in [5.41, 5.74) is -0.101. The Morgan fingerprint density at radius 1 is 1.60 bits per heavy atom. The molecule has 0 aliphatic heterocycles. The smallest absolute Gasteiger partial charge is 0.0747 e. The number of rotatable bonds is 3. The standard InChI is InChI=1S/C8H15ClO/c1-5-7(9)6-10-8(2,3)4/h5,7H,1,6H2,2-4H3. The van der Waals surface area contributed by atoms with E-state index in [0.29, 0.717) is 6.61 Å². The second-order valence-electron chi connectivity index (χ2n) is 3.18. The van der Waals surface area contributed by atoms with Crippen molar-refractivity contribution in [2.45, 2.75) is 31.7 Å². The predicted octanol–water partition coefficient (Wildman–Crippen LogP) is 2.59. The number of hydrogen-bond acceptors (Lipinski definition) is 1. The summed E-state index contributed by atoms with van der Waals surface area (Å²) >= 11 is 5.73. The second kappa shape index (κ2) is 3.99. The Bertz CT molecular complexity index is 104. The molecule has 0 saturated carbocycles. The van der Waals surface area contributed by atoms with Crippen LogP contribution in [0.3, 0.4) is 0 Å². The molecular weight excluding hydrogens is 148 g/mol. The fraction of sp³-hybridized carbons (Fsp3) is 0.750. The van der Waals surface area contributed by atoms with E-state index in [0.717, 1.165) is 0 Å². The fourth-order valence-corrected chi connectivity index (χ4v) is 0.461. The first-order valence-corrected chi connectivity index (χ1v) is 3.80. The van der Waals surface area contributed by atoms with Crippen molar-refractivity contribution in [2.24, 2.45) is 0 Å². The van der Waals surface area contributed by atoms with E-state index in [-0.39, 0.29) is 11.0 Å². The lowest BCUT2D eigenvalue weighted by Crippen LogP contribution is -2.22. The van der Waals surface area contributed by atoms with Gasteiger partial charge in [0.05, 0.1) is 17.6 Å². The van der Waals surface area contributed by atoms with Crippen molar-refractivity contribution in [1.82, 2.24) is 0 Å². The molecule has 0 aromatic rings. The first-order valence-electron chi connectivity index (χ1n) is 3.36. The predicted molar refractivity (Wildman–Crippen MR) is 45.5 cm³/mol. The van der Waals surface area contributed by atoms with Crippen molar-refractivity contribution in [1.29, 1.82) is 0 Å². The molecule has 0 aromatic heterocycles. The highest BCUT2D eigenvalue weighted by molar-refractivity contribution is 6.21. The molecule has 0 bridgehead atoms. The van der Waals surface area contributed by atoms with Crippen LogP contribution in [0.15, 0.2) is 12.7 Å². The molecule has 0 saturated heterocycles. The summed E-state index contributed by atoms with van der Waals surface area (Å²) in [4.78, 5) is 0. The first-order chi connectivity index (χ1) is 4.45. The van der Waals surface area contributed by atoms with E-state index in [2.05, 4.69) is 6.58 Å². The van der Waals surface area contributed by atoms with Crippen LogP contribution in [0.5, 0.6) is 0 Å². The van der Waals surface area contributed by atoms with E-state index in [1.165, 1.54) is 0 Å². The van der Waals surface area contributed by atoms with Crippen LogP contribution >= 0.6 is 11.6 Å². The highest BCUT2D eigenvalue weighted by atomic mass is 35.5. The lowest BCUT2D eigenvalue weighted by atomic mass is 10.2. The third-order valence-corrected chi connectivity index (χ3v) is 1.24. The highest BCUT2D eigenvalue weighted by Crippen LogP contribution is 2.09. The molecule has 0 rings (SSSR count). The monoisotopic (exact) mass is 162 g/mol. The minimum atomic E-state index is -0.101. The Morgan fingerprint density at radius 3 is 2.40 bits per heavy atom. The van der Waals surface area contributed by atoms with Gasteiger partial charge in [0.25, 0.3) is 0 Å². The van der Waals surface area contributed by atoms with Crippen molar-refractivity contribution in [2.75, 3.05) is 6.61 Å². The van der Waals surface area contributed by atoms with Gasteiger partial charge >= 0.3 is 0 Å². The van der Waals surface area contributed by atoms with E-state index >= 15 is 0 Å². The largest absolute Gasteiger partial charge is 0.374 e. The maximum Gasteiger partial charge on any atom is 0.0747 e. The SMILES string of the molecule is C=CC(Cl)COC(C)(C)C. The molecule has 0 aromatic carbocycles. The van der Waals surface area contributed by atoms with Crippen molar-refractivity contribution in [3.8, 4) is 0 Å². The summed E-state index contributed by atoms with van der Waals surface area (Å²) in [7, 11) is 0. The topological polar surface area (TPSA) is 9.23 Å². The first kappa shape index (κ1) is 9.99. The zero-order valence-corrected chi connectivity index (χ0v) is 7.61. The van der Waals surface area contributed by atoms with Gasteiger partial charge in [-0.3, -0.25) is 0 Å². The number of hydrogen-bond donors (Lipinski definition) is 0. The van der Waals surface area contributed by atoms with E-state index < -0.39 is 0 Å².